The van der Waals surface area contributed by atoms with Gasteiger partial charge in [-0.1, -0.05) is 13.8 Å². The smallest absolute Gasteiger partial charge is 0.280 e. The molecule has 0 aliphatic carbocycles. The van der Waals surface area contributed by atoms with Gasteiger partial charge in [0.1, 0.15) is 0 Å². The third-order valence-corrected chi connectivity index (χ3v) is 3.91. The van der Waals surface area contributed by atoms with Crippen LogP contribution in [0.2, 0.25) is 0 Å². The van der Waals surface area contributed by atoms with Crippen molar-refractivity contribution in [2.75, 3.05) is 18.0 Å². The van der Waals surface area contributed by atoms with Crippen molar-refractivity contribution >= 4 is 17.2 Å². The molecule has 2 rings (SSSR count). The van der Waals surface area contributed by atoms with Crippen molar-refractivity contribution in [1.29, 1.82) is 0 Å². The number of nitrogens with zero attached hydrogens (tertiary/aromatic N) is 2. The Hall–Kier alpha value is -1.91. The van der Waals surface area contributed by atoms with Gasteiger partial charge >= 0.3 is 0 Å². The summed E-state index contributed by atoms with van der Waals surface area (Å²) in [5.74, 6) is 0.917. The maximum absolute atomic E-state index is 11.5. The molecule has 0 aromatic heterocycles. The van der Waals surface area contributed by atoms with Crippen molar-refractivity contribution in [1.82, 2.24) is 0 Å². The van der Waals surface area contributed by atoms with Gasteiger partial charge in [-0.3, -0.25) is 14.9 Å². The van der Waals surface area contributed by atoms with E-state index in [9.17, 15) is 14.9 Å². The average Bonchev–Trinajstić information content (AvgIpc) is 2.68. The molecule has 0 N–H and O–H groups in total. The van der Waals surface area contributed by atoms with E-state index in [-0.39, 0.29) is 17.0 Å². The molecule has 5 heteroatoms. The number of ketones is 1. The number of carbonyl (C=O) groups is 1. The lowest BCUT2D eigenvalue weighted by molar-refractivity contribution is -0.385. The van der Waals surface area contributed by atoms with Gasteiger partial charge in [-0.25, -0.2) is 0 Å². The summed E-state index contributed by atoms with van der Waals surface area (Å²) in [6.07, 6.45) is 0. The van der Waals surface area contributed by atoms with Crippen molar-refractivity contribution in [2.45, 2.75) is 20.8 Å². The second kappa shape index (κ2) is 4.99. The van der Waals surface area contributed by atoms with Gasteiger partial charge in [0.2, 0.25) is 0 Å². The first-order valence-corrected chi connectivity index (χ1v) is 6.44. The molecule has 1 aromatic carbocycles. The third-order valence-electron chi connectivity index (χ3n) is 3.91. The molecule has 0 saturated carbocycles. The minimum Gasteiger partial charge on any atom is -0.371 e. The summed E-state index contributed by atoms with van der Waals surface area (Å²) in [5, 5.41) is 10.9. The summed E-state index contributed by atoms with van der Waals surface area (Å²) in [5.41, 5.74) is 0.971. The number of benzene rings is 1. The number of anilines is 1. The van der Waals surface area contributed by atoms with Gasteiger partial charge in [-0.2, -0.15) is 0 Å². The van der Waals surface area contributed by atoms with Crippen LogP contribution in [0.4, 0.5) is 11.4 Å². The van der Waals surface area contributed by atoms with Crippen LogP contribution in [-0.2, 0) is 0 Å². The Morgan fingerprint density at radius 2 is 1.89 bits per heavy atom. The minimum atomic E-state index is -0.504. The van der Waals surface area contributed by atoms with Gasteiger partial charge in [-0.05, 0) is 30.9 Å². The van der Waals surface area contributed by atoms with E-state index in [1.165, 1.54) is 13.0 Å². The quantitative estimate of drug-likeness (QED) is 0.477. The van der Waals surface area contributed by atoms with E-state index in [4.69, 9.17) is 0 Å². The van der Waals surface area contributed by atoms with Crippen molar-refractivity contribution in [3.63, 3.8) is 0 Å². The molecule has 0 bridgehead atoms. The van der Waals surface area contributed by atoms with E-state index in [1.807, 2.05) is 0 Å². The van der Waals surface area contributed by atoms with E-state index in [0.29, 0.717) is 11.8 Å². The summed E-state index contributed by atoms with van der Waals surface area (Å²) >= 11 is 0. The van der Waals surface area contributed by atoms with E-state index in [2.05, 4.69) is 18.7 Å². The molecule has 2 unspecified atom stereocenters. The maximum atomic E-state index is 11.5. The first-order valence-electron chi connectivity index (χ1n) is 6.44. The lowest BCUT2D eigenvalue weighted by atomic mass is 10.0. The standard InChI is InChI=1S/C14H18N2O3/c1-9-7-15(8-10(9)2)12-4-5-14(16(18)19)13(6-12)11(3)17/h4-6,9-10H,7-8H2,1-3H3. The first kappa shape index (κ1) is 13.5. The largest absolute Gasteiger partial charge is 0.371 e. The van der Waals surface area contributed by atoms with Gasteiger partial charge in [0, 0.05) is 24.8 Å². The Morgan fingerprint density at radius 3 is 2.37 bits per heavy atom. The van der Waals surface area contributed by atoms with Crippen LogP contribution in [0.3, 0.4) is 0 Å². The molecule has 1 heterocycles. The minimum absolute atomic E-state index is 0.114. The number of carbonyl (C=O) groups excluding carboxylic acids is 1. The highest BCUT2D eigenvalue weighted by molar-refractivity contribution is 5.99. The van der Waals surface area contributed by atoms with E-state index < -0.39 is 4.92 Å². The fraction of sp³-hybridized carbons (Fsp3) is 0.500. The summed E-state index contributed by atoms with van der Waals surface area (Å²) in [6.45, 7) is 7.61. The number of rotatable bonds is 3. The van der Waals surface area contributed by atoms with Gasteiger partial charge < -0.3 is 4.90 Å². The second-order valence-corrected chi connectivity index (χ2v) is 5.37. The Balaban J connectivity index is 2.36. The zero-order chi connectivity index (χ0) is 14.2. The molecule has 0 amide bonds. The fourth-order valence-corrected chi connectivity index (χ4v) is 2.50. The molecule has 2 atom stereocenters. The monoisotopic (exact) mass is 262 g/mol. The van der Waals surface area contributed by atoms with Crippen molar-refractivity contribution < 1.29 is 9.72 Å². The third kappa shape index (κ3) is 2.59. The van der Waals surface area contributed by atoms with E-state index >= 15 is 0 Å². The molecule has 1 aliphatic rings. The Morgan fingerprint density at radius 1 is 1.32 bits per heavy atom. The summed E-state index contributed by atoms with van der Waals surface area (Å²) in [7, 11) is 0. The Kier molecular flexibility index (Phi) is 3.55. The fourth-order valence-electron chi connectivity index (χ4n) is 2.50. The SMILES string of the molecule is CC(=O)c1cc(N2CC(C)C(C)C2)ccc1[N+](=O)[O-]. The highest BCUT2D eigenvalue weighted by Crippen LogP contribution is 2.31. The van der Waals surface area contributed by atoms with Crippen LogP contribution in [0, 0.1) is 22.0 Å². The Labute approximate surface area is 112 Å². The zero-order valence-corrected chi connectivity index (χ0v) is 11.4. The highest BCUT2D eigenvalue weighted by Gasteiger charge is 2.27. The molecular weight excluding hydrogens is 244 g/mol. The van der Waals surface area contributed by atoms with Gasteiger partial charge in [0.15, 0.2) is 5.78 Å². The highest BCUT2D eigenvalue weighted by atomic mass is 16.6. The van der Waals surface area contributed by atoms with Crippen LogP contribution < -0.4 is 4.90 Å². The van der Waals surface area contributed by atoms with Gasteiger partial charge in [0.05, 0.1) is 10.5 Å². The van der Waals surface area contributed by atoms with Crippen molar-refractivity contribution in [3.05, 3.63) is 33.9 Å². The maximum Gasteiger partial charge on any atom is 0.280 e. The lowest BCUT2D eigenvalue weighted by Gasteiger charge is -2.18. The first-order chi connectivity index (χ1) is 8.90. The summed E-state index contributed by atoms with van der Waals surface area (Å²) in [6, 6.07) is 4.81. The topological polar surface area (TPSA) is 63.5 Å². The predicted octanol–water partition coefficient (Wildman–Crippen LogP) is 2.89. The average molecular weight is 262 g/mol. The molecule has 1 fully saturated rings. The number of nitro benzene ring substituents is 1. The molecule has 1 aliphatic heterocycles. The number of Topliss-reactive ketones (excluding diaryl/α,β-unsaturated/α-hetero) is 1. The van der Waals surface area contributed by atoms with Crippen LogP contribution in [-0.4, -0.2) is 23.8 Å². The molecule has 102 valence electrons. The molecule has 0 spiro atoms. The molecule has 1 aromatic rings. The normalized spacial score (nSPS) is 22.6. The van der Waals surface area contributed by atoms with Crippen LogP contribution in [0.5, 0.6) is 0 Å². The zero-order valence-electron chi connectivity index (χ0n) is 11.4. The molecule has 1 saturated heterocycles. The van der Waals surface area contributed by atoms with E-state index in [0.717, 1.165) is 18.8 Å². The van der Waals surface area contributed by atoms with Crippen LogP contribution in [0.15, 0.2) is 18.2 Å². The van der Waals surface area contributed by atoms with Crippen molar-refractivity contribution in [2.24, 2.45) is 11.8 Å². The second-order valence-electron chi connectivity index (χ2n) is 5.37. The van der Waals surface area contributed by atoms with Gasteiger partial charge in [0.25, 0.3) is 5.69 Å². The molecular formula is C14H18N2O3. The van der Waals surface area contributed by atoms with Crippen molar-refractivity contribution in [3.8, 4) is 0 Å². The lowest BCUT2D eigenvalue weighted by Crippen LogP contribution is -2.20. The van der Waals surface area contributed by atoms with Crippen LogP contribution >= 0.6 is 0 Å². The van der Waals surface area contributed by atoms with Crippen LogP contribution in [0.1, 0.15) is 31.1 Å². The predicted molar refractivity (Wildman–Crippen MR) is 73.6 cm³/mol. The molecule has 0 radical (unpaired) electrons. The van der Waals surface area contributed by atoms with Gasteiger partial charge in [-0.15, -0.1) is 0 Å². The van der Waals surface area contributed by atoms with Crippen LogP contribution in [0.25, 0.3) is 0 Å². The number of hydrogen-bond donors (Lipinski definition) is 0. The van der Waals surface area contributed by atoms with E-state index in [1.54, 1.807) is 12.1 Å². The Bertz CT molecular complexity index is 517. The summed E-state index contributed by atoms with van der Waals surface area (Å²) in [4.78, 5) is 24.1. The number of hydrogen-bond acceptors (Lipinski definition) is 4. The molecule has 19 heavy (non-hydrogen) atoms. The molecule has 5 nitrogen and oxygen atoms in total. The number of nitro groups is 1. The summed E-state index contributed by atoms with van der Waals surface area (Å²) < 4.78 is 0.